The van der Waals surface area contributed by atoms with Gasteiger partial charge in [0.1, 0.15) is 6.29 Å². The summed E-state index contributed by atoms with van der Waals surface area (Å²) in [5, 5.41) is 3.11. The zero-order valence-electron chi connectivity index (χ0n) is 17.0. The number of nitrogens with zero attached hydrogens (tertiary/aromatic N) is 2. The highest BCUT2D eigenvalue weighted by Gasteiger charge is 2.20. The smallest absolute Gasteiger partial charge is 0.345 e. The number of nitrogens with one attached hydrogen (secondary N) is 1. The summed E-state index contributed by atoms with van der Waals surface area (Å²) in [7, 11) is 0. The Labute approximate surface area is 179 Å². The van der Waals surface area contributed by atoms with Crippen LogP contribution in [0, 0.1) is 0 Å². The van der Waals surface area contributed by atoms with Crippen LogP contribution in [-0.2, 0) is 4.79 Å². The summed E-state index contributed by atoms with van der Waals surface area (Å²) in [4.78, 5) is 44.4. The number of rotatable bonds is 8. The molecule has 8 heteroatoms. The van der Waals surface area contributed by atoms with Crippen molar-refractivity contribution in [2.45, 2.75) is 25.9 Å². The summed E-state index contributed by atoms with van der Waals surface area (Å²) in [6, 6.07) is 10.3. The van der Waals surface area contributed by atoms with E-state index in [0.717, 1.165) is 6.29 Å². The molecule has 1 unspecified atom stereocenters. The predicted molar refractivity (Wildman–Crippen MR) is 112 cm³/mol. The maximum Gasteiger partial charge on any atom is 0.345 e. The van der Waals surface area contributed by atoms with Crippen LogP contribution in [0.15, 0.2) is 67.3 Å². The second-order valence-electron chi connectivity index (χ2n) is 6.90. The van der Waals surface area contributed by atoms with Crippen LogP contribution in [0.4, 0.5) is 0 Å². The molecule has 0 aliphatic heterocycles. The van der Waals surface area contributed by atoms with Crippen molar-refractivity contribution in [3.05, 3.63) is 83.9 Å². The summed E-state index contributed by atoms with van der Waals surface area (Å²) in [5.74, 6) is -1.31. The number of aromatic nitrogens is 2. The molecule has 2 heterocycles. The van der Waals surface area contributed by atoms with Gasteiger partial charge in [-0.3, -0.25) is 9.97 Å². The fourth-order valence-corrected chi connectivity index (χ4v) is 2.74. The van der Waals surface area contributed by atoms with Gasteiger partial charge in [0.15, 0.2) is 11.5 Å². The van der Waals surface area contributed by atoms with Crippen LogP contribution in [0.5, 0.6) is 11.5 Å². The molecule has 0 saturated heterocycles. The average Bonchev–Trinajstić information content (AvgIpc) is 2.79. The van der Waals surface area contributed by atoms with E-state index >= 15 is 0 Å². The van der Waals surface area contributed by atoms with Gasteiger partial charge in [-0.05, 0) is 55.8 Å². The van der Waals surface area contributed by atoms with Gasteiger partial charge in [-0.25, -0.2) is 9.59 Å². The Morgan fingerprint density at radius 1 is 0.903 bits per heavy atom. The SMILES string of the molecule is CC(C)NC(C=O)c1ccc(OC(=O)c2cccnc2)c(OC(=O)c2cccnc2)c1. The van der Waals surface area contributed by atoms with E-state index in [9.17, 15) is 14.4 Å². The molecular weight excluding hydrogens is 398 g/mol. The number of hydrogen-bond donors (Lipinski definition) is 1. The van der Waals surface area contributed by atoms with Crippen LogP contribution < -0.4 is 14.8 Å². The van der Waals surface area contributed by atoms with Gasteiger partial charge in [0.2, 0.25) is 0 Å². The molecule has 31 heavy (non-hydrogen) atoms. The van der Waals surface area contributed by atoms with Crippen molar-refractivity contribution in [1.29, 1.82) is 0 Å². The van der Waals surface area contributed by atoms with Gasteiger partial charge in [0.05, 0.1) is 17.2 Å². The lowest BCUT2D eigenvalue weighted by Crippen LogP contribution is -2.29. The first-order chi connectivity index (χ1) is 15.0. The minimum Gasteiger partial charge on any atom is -0.419 e. The van der Waals surface area contributed by atoms with Gasteiger partial charge in [-0.15, -0.1) is 0 Å². The van der Waals surface area contributed by atoms with E-state index in [0.29, 0.717) is 5.56 Å². The lowest BCUT2D eigenvalue weighted by Gasteiger charge is -2.18. The first-order valence-corrected chi connectivity index (χ1v) is 9.57. The number of hydrogen-bond acceptors (Lipinski definition) is 8. The summed E-state index contributed by atoms with van der Waals surface area (Å²) in [5.41, 5.74) is 1.02. The standard InChI is InChI=1S/C23H21N3O5/c1-15(2)26-19(14-27)16-7-8-20(30-22(28)17-5-3-9-24-12-17)21(11-16)31-23(29)18-6-4-10-25-13-18/h3-15,19,26H,1-2H3. The zero-order valence-corrected chi connectivity index (χ0v) is 17.0. The van der Waals surface area contributed by atoms with E-state index in [1.807, 2.05) is 13.8 Å². The number of carbonyl (C=O) groups excluding carboxylic acids is 3. The largest absolute Gasteiger partial charge is 0.419 e. The van der Waals surface area contributed by atoms with Crippen LogP contribution in [-0.4, -0.2) is 34.2 Å². The molecule has 0 aliphatic rings. The number of aldehydes is 1. The van der Waals surface area contributed by atoms with Gasteiger partial charge >= 0.3 is 11.9 Å². The second-order valence-corrected chi connectivity index (χ2v) is 6.90. The van der Waals surface area contributed by atoms with Crippen molar-refractivity contribution in [2.75, 3.05) is 0 Å². The highest BCUT2D eigenvalue weighted by Crippen LogP contribution is 2.32. The number of ether oxygens (including phenoxy) is 2. The van der Waals surface area contributed by atoms with Gasteiger partial charge in [0, 0.05) is 30.8 Å². The van der Waals surface area contributed by atoms with Crippen LogP contribution in [0.2, 0.25) is 0 Å². The Morgan fingerprint density at radius 3 is 1.97 bits per heavy atom. The molecule has 0 saturated carbocycles. The molecule has 0 amide bonds. The summed E-state index contributed by atoms with van der Waals surface area (Å²) in [6.07, 6.45) is 6.55. The molecule has 0 aliphatic carbocycles. The minimum atomic E-state index is -0.677. The van der Waals surface area contributed by atoms with Crippen molar-refractivity contribution in [2.24, 2.45) is 0 Å². The highest BCUT2D eigenvalue weighted by atomic mass is 16.6. The summed E-state index contributed by atoms with van der Waals surface area (Å²) in [6.45, 7) is 3.81. The van der Waals surface area contributed by atoms with Crippen molar-refractivity contribution < 1.29 is 23.9 Å². The molecule has 8 nitrogen and oxygen atoms in total. The fourth-order valence-electron chi connectivity index (χ4n) is 2.74. The Morgan fingerprint density at radius 2 is 1.48 bits per heavy atom. The van der Waals surface area contributed by atoms with E-state index in [4.69, 9.17) is 9.47 Å². The number of pyridine rings is 2. The molecule has 0 fully saturated rings. The van der Waals surface area contributed by atoms with Crippen LogP contribution in [0.25, 0.3) is 0 Å². The summed E-state index contributed by atoms with van der Waals surface area (Å²) >= 11 is 0. The van der Waals surface area contributed by atoms with Gasteiger partial charge in [-0.2, -0.15) is 0 Å². The molecule has 0 radical (unpaired) electrons. The van der Waals surface area contributed by atoms with E-state index in [2.05, 4.69) is 15.3 Å². The Hall–Kier alpha value is -3.91. The van der Waals surface area contributed by atoms with Crippen LogP contribution in [0.3, 0.4) is 0 Å². The molecular formula is C23H21N3O5. The third-order valence-electron chi connectivity index (χ3n) is 4.18. The maximum absolute atomic E-state index is 12.6. The quantitative estimate of drug-likeness (QED) is 0.337. The lowest BCUT2D eigenvalue weighted by molar-refractivity contribution is -0.109. The molecule has 1 N–H and O–H groups in total. The molecule has 2 aromatic heterocycles. The molecule has 0 spiro atoms. The first kappa shape index (κ1) is 21.8. The Balaban J connectivity index is 1.93. The van der Waals surface area contributed by atoms with Gasteiger partial charge in [-0.1, -0.05) is 6.07 Å². The van der Waals surface area contributed by atoms with Gasteiger partial charge in [0.25, 0.3) is 0 Å². The first-order valence-electron chi connectivity index (χ1n) is 9.57. The molecule has 3 aromatic rings. The van der Waals surface area contributed by atoms with Gasteiger partial charge < -0.3 is 19.6 Å². The van der Waals surface area contributed by atoms with Crippen molar-refractivity contribution in [3.8, 4) is 11.5 Å². The third-order valence-corrected chi connectivity index (χ3v) is 4.18. The van der Waals surface area contributed by atoms with Crippen molar-refractivity contribution >= 4 is 18.2 Å². The molecule has 158 valence electrons. The molecule has 1 atom stereocenters. The van der Waals surface area contributed by atoms with E-state index in [1.54, 1.807) is 30.3 Å². The van der Waals surface area contributed by atoms with Crippen LogP contribution in [0.1, 0.15) is 46.2 Å². The van der Waals surface area contributed by atoms with E-state index < -0.39 is 18.0 Å². The molecule has 1 aromatic carbocycles. The third kappa shape index (κ3) is 5.80. The Kier molecular flexibility index (Phi) is 7.18. The predicted octanol–water partition coefficient (Wildman–Crippen LogP) is 3.15. The minimum absolute atomic E-state index is 0.000925. The number of carbonyl (C=O) groups is 3. The molecule has 3 rings (SSSR count). The van der Waals surface area contributed by atoms with E-state index in [-0.39, 0.29) is 28.7 Å². The Bertz CT molecular complexity index is 1060. The van der Waals surface area contributed by atoms with Crippen LogP contribution >= 0.6 is 0 Å². The van der Waals surface area contributed by atoms with Crippen molar-refractivity contribution in [3.63, 3.8) is 0 Å². The average molecular weight is 419 g/mol. The normalized spacial score (nSPS) is 11.6. The monoisotopic (exact) mass is 419 g/mol. The molecule has 0 bridgehead atoms. The topological polar surface area (TPSA) is 107 Å². The number of benzene rings is 1. The number of esters is 2. The maximum atomic E-state index is 12.6. The summed E-state index contributed by atoms with van der Waals surface area (Å²) < 4.78 is 10.9. The fraction of sp³-hybridized carbons (Fsp3) is 0.174. The zero-order chi connectivity index (χ0) is 22.2. The second kappa shape index (κ2) is 10.2. The lowest BCUT2D eigenvalue weighted by atomic mass is 10.1. The van der Waals surface area contributed by atoms with E-state index in [1.165, 1.54) is 36.9 Å². The highest BCUT2D eigenvalue weighted by molar-refractivity contribution is 5.93. The van der Waals surface area contributed by atoms with Crippen molar-refractivity contribution in [1.82, 2.24) is 15.3 Å².